The Morgan fingerprint density at radius 2 is 2.00 bits per heavy atom. The van der Waals surface area contributed by atoms with E-state index in [1.807, 2.05) is 18.2 Å². The third-order valence-electron chi connectivity index (χ3n) is 2.67. The molecule has 2 heteroatoms. The lowest BCUT2D eigenvalue weighted by atomic mass is 10.0. The molecule has 0 amide bonds. The van der Waals surface area contributed by atoms with Crippen molar-refractivity contribution in [1.82, 2.24) is 5.32 Å². The van der Waals surface area contributed by atoms with Crippen LogP contribution in [0, 0.1) is 0 Å². The molecule has 0 saturated heterocycles. The highest BCUT2D eigenvalue weighted by Crippen LogP contribution is 2.21. The minimum absolute atomic E-state index is 0.326. The molecule has 0 aliphatic rings. The van der Waals surface area contributed by atoms with Gasteiger partial charge in [-0.2, -0.15) is 0 Å². The summed E-state index contributed by atoms with van der Waals surface area (Å²) >= 11 is 5.89. The Morgan fingerprint density at radius 3 is 2.50 bits per heavy atom. The first kappa shape index (κ1) is 13.3. The molecule has 0 aliphatic heterocycles. The molecule has 1 N–H and O–H groups in total. The van der Waals surface area contributed by atoms with Crippen LogP contribution in [0.2, 0.25) is 5.02 Å². The smallest absolute Gasteiger partial charge is 0.0406 e. The molecule has 2 atom stereocenters. The molecule has 0 heterocycles. The summed E-state index contributed by atoms with van der Waals surface area (Å²) in [4.78, 5) is 0. The fourth-order valence-electron chi connectivity index (χ4n) is 1.72. The minimum Gasteiger partial charge on any atom is -0.304 e. The van der Waals surface area contributed by atoms with Gasteiger partial charge in [-0.25, -0.2) is 0 Å². The Balaban J connectivity index is 2.76. The molecule has 2 unspecified atom stereocenters. The maximum Gasteiger partial charge on any atom is 0.0406 e. The Kier molecular flexibility index (Phi) is 5.58. The number of benzene rings is 1. The molecule has 1 rings (SSSR count). The van der Waals surface area contributed by atoms with E-state index < -0.39 is 0 Å². The van der Waals surface area contributed by atoms with Crippen molar-refractivity contribution in [2.24, 2.45) is 0 Å². The van der Waals surface area contributed by atoms with Crippen LogP contribution in [0.1, 0.15) is 38.3 Å². The summed E-state index contributed by atoms with van der Waals surface area (Å²) in [5, 5.41) is 4.33. The van der Waals surface area contributed by atoms with Crippen LogP contribution in [-0.4, -0.2) is 6.04 Å². The van der Waals surface area contributed by atoms with Gasteiger partial charge in [0.15, 0.2) is 0 Å². The van der Waals surface area contributed by atoms with Gasteiger partial charge in [-0.15, -0.1) is 6.58 Å². The fraction of sp³-hybridized carbons (Fsp3) is 0.429. The second-order valence-corrected chi connectivity index (χ2v) is 4.52. The molecular weight excluding hydrogens is 218 g/mol. The average molecular weight is 238 g/mol. The highest BCUT2D eigenvalue weighted by Gasteiger charge is 2.11. The van der Waals surface area contributed by atoms with E-state index in [0.717, 1.165) is 17.9 Å². The third-order valence-corrected chi connectivity index (χ3v) is 2.92. The predicted octanol–water partition coefficient (Wildman–Crippen LogP) is 4.35. The van der Waals surface area contributed by atoms with Crippen LogP contribution in [0.4, 0.5) is 0 Å². The van der Waals surface area contributed by atoms with E-state index in [1.54, 1.807) is 0 Å². The van der Waals surface area contributed by atoms with Gasteiger partial charge in [-0.05, 0) is 31.0 Å². The van der Waals surface area contributed by atoms with Crippen molar-refractivity contribution < 1.29 is 0 Å². The van der Waals surface area contributed by atoms with E-state index in [1.165, 1.54) is 5.56 Å². The van der Waals surface area contributed by atoms with Crippen molar-refractivity contribution in [3.05, 3.63) is 47.5 Å². The molecular formula is C14H20ClN. The monoisotopic (exact) mass is 237 g/mol. The Hall–Kier alpha value is -0.790. The molecule has 0 aromatic heterocycles. The zero-order valence-electron chi connectivity index (χ0n) is 10.0. The van der Waals surface area contributed by atoms with Crippen molar-refractivity contribution in [3.8, 4) is 0 Å². The second kappa shape index (κ2) is 6.72. The molecule has 1 nitrogen and oxygen atoms in total. The molecule has 0 radical (unpaired) electrons. The lowest BCUT2D eigenvalue weighted by Gasteiger charge is -2.21. The maximum atomic E-state index is 5.89. The molecule has 1 aromatic carbocycles. The van der Waals surface area contributed by atoms with Crippen molar-refractivity contribution in [2.45, 2.75) is 38.8 Å². The summed E-state index contributed by atoms with van der Waals surface area (Å²) in [5.41, 5.74) is 1.29. The molecule has 16 heavy (non-hydrogen) atoms. The van der Waals surface area contributed by atoms with E-state index in [9.17, 15) is 0 Å². The third kappa shape index (κ3) is 3.99. The van der Waals surface area contributed by atoms with Crippen molar-refractivity contribution in [1.29, 1.82) is 0 Å². The van der Waals surface area contributed by atoms with Crippen LogP contribution in [0.3, 0.4) is 0 Å². The van der Waals surface area contributed by atoms with E-state index in [-0.39, 0.29) is 0 Å². The fourth-order valence-corrected chi connectivity index (χ4v) is 1.84. The van der Waals surface area contributed by atoms with Crippen molar-refractivity contribution >= 4 is 11.6 Å². The Morgan fingerprint density at radius 1 is 1.38 bits per heavy atom. The van der Waals surface area contributed by atoms with Gasteiger partial charge in [0.25, 0.3) is 0 Å². The summed E-state index contributed by atoms with van der Waals surface area (Å²) in [6.07, 6.45) is 4.21. The Bertz CT molecular complexity index is 318. The lowest BCUT2D eigenvalue weighted by molar-refractivity contribution is 0.469. The van der Waals surface area contributed by atoms with E-state index in [0.29, 0.717) is 12.1 Å². The van der Waals surface area contributed by atoms with Crippen LogP contribution in [0.25, 0.3) is 0 Å². The highest BCUT2D eigenvalue weighted by molar-refractivity contribution is 6.30. The number of rotatable bonds is 6. The van der Waals surface area contributed by atoms with E-state index in [2.05, 4.69) is 37.9 Å². The van der Waals surface area contributed by atoms with Gasteiger partial charge in [-0.3, -0.25) is 0 Å². The van der Waals surface area contributed by atoms with Crippen molar-refractivity contribution in [3.63, 3.8) is 0 Å². The maximum absolute atomic E-state index is 5.89. The highest BCUT2D eigenvalue weighted by atomic mass is 35.5. The molecule has 0 spiro atoms. The normalized spacial score (nSPS) is 14.4. The number of hydrogen-bond acceptors (Lipinski definition) is 1. The first-order valence-corrected chi connectivity index (χ1v) is 6.19. The van der Waals surface area contributed by atoms with Crippen LogP contribution in [0.15, 0.2) is 36.9 Å². The van der Waals surface area contributed by atoms with Crippen LogP contribution < -0.4 is 5.32 Å². The van der Waals surface area contributed by atoms with Crippen LogP contribution in [0.5, 0.6) is 0 Å². The lowest BCUT2D eigenvalue weighted by Crippen LogP contribution is -2.28. The largest absolute Gasteiger partial charge is 0.304 e. The zero-order chi connectivity index (χ0) is 12.0. The van der Waals surface area contributed by atoms with Gasteiger partial charge in [0.05, 0.1) is 0 Å². The van der Waals surface area contributed by atoms with Gasteiger partial charge in [-0.1, -0.05) is 43.2 Å². The average Bonchev–Trinajstić information content (AvgIpc) is 2.29. The molecule has 88 valence electrons. The standard InChI is InChI=1S/C14H20ClN/c1-4-6-14(16-11(3)5-2)12-7-9-13(15)10-8-12/h5,7-11,14,16H,2,4,6H2,1,3H3. The summed E-state index contributed by atoms with van der Waals surface area (Å²) in [5.74, 6) is 0. The molecule has 0 saturated carbocycles. The van der Waals surface area contributed by atoms with Crippen molar-refractivity contribution in [2.75, 3.05) is 0 Å². The van der Waals surface area contributed by atoms with Gasteiger partial charge in [0.2, 0.25) is 0 Å². The Labute approximate surface area is 104 Å². The molecule has 0 fully saturated rings. The summed E-state index contributed by atoms with van der Waals surface area (Å²) < 4.78 is 0. The van der Waals surface area contributed by atoms with E-state index in [4.69, 9.17) is 11.6 Å². The first-order chi connectivity index (χ1) is 7.67. The molecule has 0 aliphatic carbocycles. The SMILES string of the molecule is C=CC(C)NC(CCC)c1ccc(Cl)cc1. The van der Waals surface area contributed by atoms with Crippen LogP contribution in [-0.2, 0) is 0 Å². The molecule has 0 bridgehead atoms. The number of halogens is 1. The summed E-state index contributed by atoms with van der Waals surface area (Å²) in [7, 11) is 0. The topological polar surface area (TPSA) is 12.0 Å². The number of nitrogens with one attached hydrogen (secondary N) is 1. The quantitative estimate of drug-likeness (QED) is 0.726. The van der Waals surface area contributed by atoms with Gasteiger partial charge >= 0.3 is 0 Å². The van der Waals surface area contributed by atoms with Gasteiger partial charge in [0.1, 0.15) is 0 Å². The van der Waals surface area contributed by atoms with E-state index >= 15 is 0 Å². The molecule has 1 aromatic rings. The zero-order valence-corrected chi connectivity index (χ0v) is 10.8. The van der Waals surface area contributed by atoms with Gasteiger partial charge in [0, 0.05) is 17.1 Å². The van der Waals surface area contributed by atoms with Crippen LogP contribution >= 0.6 is 11.6 Å². The predicted molar refractivity (Wildman–Crippen MR) is 71.9 cm³/mol. The minimum atomic E-state index is 0.326. The second-order valence-electron chi connectivity index (χ2n) is 4.08. The summed E-state index contributed by atoms with van der Waals surface area (Å²) in [6, 6.07) is 8.78. The first-order valence-electron chi connectivity index (χ1n) is 5.81. The van der Waals surface area contributed by atoms with Gasteiger partial charge < -0.3 is 5.32 Å². The summed E-state index contributed by atoms with van der Waals surface area (Å²) in [6.45, 7) is 8.11. The number of hydrogen-bond donors (Lipinski definition) is 1.